The first-order chi connectivity index (χ1) is 14.6. The summed E-state index contributed by atoms with van der Waals surface area (Å²) in [5, 5.41) is 2.90. The van der Waals surface area contributed by atoms with E-state index >= 15 is 0 Å². The minimum Gasteiger partial charge on any atom is -0.456 e. The van der Waals surface area contributed by atoms with Crippen molar-refractivity contribution >= 4 is 17.5 Å². The normalized spacial score (nSPS) is 12.4. The van der Waals surface area contributed by atoms with Gasteiger partial charge in [0.15, 0.2) is 6.10 Å². The van der Waals surface area contributed by atoms with Crippen LogP contribution in [0.4, 0.5) is 16.2 Å². The molecule has 0 atom stereocenters. The Morgan fingerprint density at radius 2 is 1.57 bits per heavy atom. The zero-order valence-corrected chi connectivity index (χ0v) is 17.5. The van der Waals surface area contributed by atoms with Gasteiger partial charge in [0.05, 0.1) is 0 Å². The van der Waals surface area contributed by atoms with Crippen LogP contribution in [0.25, 0.3) is 0 Å². The fourth-order valence-corrected chi connectivity index (χ4v) is 3.81. The van der Waals surface area contributed by atoms with Crippen molar-refractivity contribution in [3.63, 3.8) is 0 Å². The predicted molar refractivity (Wildman–Crippen MR) is 120 cm³/mol. The smallest absolute Gasteiger partial charge is 0.412 e. The number of fused-ring (bicyclic) bond motifs is 2. The first kappa shape index (κ1) is 19.8. The van der Waals surface area contributed by atoms with E-state index in [2.05, 4.69) is 30.1 Å². The van der Waals surface area contributed by atoms with Crippen molar-refractivity contribution in [2.45, 2.75) is 26.9 Å². The molecule has 0 radical (unpaired) electrons. The molecular weight excluding hydrogens is 376 g/mol. The molecule has 0 saturated carbocycles. The molecule has 0 spiro atoms. The number of nitrogens with one attached hydrogen (secondary N) is 1. The van der Waals surface area contributed by atoms with Crippen molar-refractivity contribution in [2.75, 3.05) is 23.3 Å². The number of amides is 1. The van der Waals surface area contributed by atoms with Gasteiger partial charge in [-0.2, -0.15) is 0 Å². The summed E-state index contributed by atoms with van der Waals surface area (Å²) < 4.78 is 11.8. The van der Waals surface area contributed by atoms with Crippen molar-refractivity contribution in [3.8, 4) is 11.5 Å². The van der Waals surface area contributed by atoms with Gasteiger partial charge in [0.2, 0.25) is 0 Å². The molecule has 0 aliphatic carbocycles. The second kappa shape index (κ2) is 8.49. The second-order valence-electron chi connectivity index (χ2n) is 7.26. The zero-order chi connectivity index (χ0) is 21.1. The van der Waals surface area contributed by atoms with Gasteiger partial charge < -0.3 is 14.4 Å². The van der Waals surface area contributed by atoms with E-state index in [1.165, 1.54) is 0 Å². The number of benzene rings is 3. The first-order valence-electron chi connectivity index (χ1n) is 10.3. The average molecular weight is 402 g/mol. The van der Waals surface area contributed by atoms with Crippen LogP contribution in [-0.2, 0) is 4.74 Å². The number of aryl methyl sites for hydroxylation is 1. The van der Waals surface area contributed by atoms with E-state index in [4.69, 9.17) is 9.47 Å². The third kappa shape index (κ3) is 3.83. The fraction of sp³-hybridized carbons (Fsp3) is 0.240. The molecule has 154 valence electrons. The minimum absolute atomic E-state index is 0.495. The molecule has 0 unspecified atom stereocenters. The topological polar surface area (TPSA) is 50.8 Å². The largest absolute Gasteiger partial charge is 0.456 e. The van der Waals surface area contributed by atoms with Crippen molar-refractivity contribution in [1.82, 2.24) is 0 Å². The van der Waals surface area contributed by atoms with Crippen molar-refractivity contribution in [2.24, 2.45) is 0 Å². The Morgan fingerprint density at radius 1 is 0.967 bits per heavy atom. The summed E-state index contributed by atoms with van der Waals surface area (Å²) in [6.07, 6.45) is -1.02. The van der Waals surface area contributed by atoms with Crippen LogP contribution in [0.5, 0.6) is 11.5 Å². The highest BCUT2D eigenvalue weighted by Gasteiger charge is 2.30. The van der Waals surface area contributed by atoms with Crippen LogP contribution in [0.15, 0.2) is 66.7 Å². The van der Waals surface area contributed by atoms with Crippen LogP contribution in [0.3, 0.4) is 0 Å². The van der Waals surface area contributed by atoms with Crippen LogP contribution >= 0.6 is 0 Å². The molecule has 0 aromatic heterocycles. The van der Waals surface area contributed by atoms with Crippen LogP contribution in [-0.4, -0.2) is 19.2 Å². The van der Waals surface area contributed by atoms with Gasteiger partial charge in [-0.25, -0.2) is 4.79 Å². The summed E-state index contributed by atoms with van der Waals surface area (Å²) in [4.78, 5) is 15.1. The lowest BCUT2D eigenvalue weighted by molar-refractivity contribution is 0.125. The maximum Gasteiger partial charge on any atom is 0.412 e. The third-order valence-electron chi connectivity index (χ3n) is 5.42. The summed E-state index contributed by atoms with van der Waals surface area (Å²) >= 11 is 0. The molecule has 1 aliphatic heterocycles. The number of carbonyl (C=O) groups excluding carboxylic acids is 1. The SMILES string of the molecule is CCN(CC)c1ccc(NC(=O)OC2c3ccccc3Oc3ccccc32)c(C)c1. The number of para-hydroxylation sites is 2. The highest BCUT2D eigenvalue weighted by atomic mass is 16.6. The number of hydrogen-bond acceptors (Lipinski definition) is 4. The second-order valence-corrected chi connectivity index (χ2v) is 7.26. The molecule has 5 heteroatoms. The molecule has 3 aromatic carbocycles. The lowest BCUT2D eigenvalue weighted by atomic mass is 9.97. The van der Waals surface area contributed by atoms with Gasteiger partial charge in [-0.3, -0.25) is 5.32 Å². The number of carbonyl (C=O) groups is 1. The lowest BCUT2D eigenvalue weighted by Gasteiger charge is -2.28. The maximum absolute atomic E-state index is 12.8. The third-order valence-corrected chi connectivity index (χ3v) is 5.42. The molecule has 4 rings (SSSR count). The lowest BCUT2D eigenvalue weighted by Crippen LogP contribution is -2.23. The summed E-state index contributed by atoms with van der Waals surface area (Å²) in [6, 6.07) is 21.3. The van der Waals surface area contributed by atoms with E-state index in [9.17, 15) is 4.79 Å². The molecule has 1 heterocycles. The molecule has 30 heavy (non-hydrogen) atoms. The number of anilines is 2. The molecule has 0 bridgehead atoms. The molecule has 3 aromatic rings. The zero-order valence-electron chi connectivity index (χ0n) is 17.5. The number of rotatable bonds is 5. The molecular formula is C25H26N2O3. The average Bonchev–Trinajstić information content (AvgIpc) is 2.76. The minimum atomic E-state index is -0.526. The number of ether oxygens (including phenoxy) is 2. The summed E-state index contributed by atoms with van der Waals surface area (Å²) in [5.41, 5.74) is 4.54. The highest BCUT2D eigenvalue weighted by Crippen LogP contribution is 2.44. The van der Waals surface area contributed by atoms with Crippen molar-refractivity contribution in [1.29, 1.82) is 0 Å². The van der Waals surface area contributed by atoms with E-state index < -0.39 is 12.2 Å². The molecule has 1 amide bonds. The Labute approximate surface area is 177 Å². The first-order valence-corrected chi connectivity index (χ1v) is 10.3. The quantitative estimate of drug-likeness (QED) is 0.545. The molecule has 0 fully saturated rings. The van der Waals surface area contributed by atoms with Gasteiger partial charge in [0.25, 0.3) is 0 Å². The van der Waals surface area contributed by atoms with E-state index in [-0.39, 0.29) is 0 Å². The van der Waals surface area contributed by atoms with E-state index in [1.54, 1.807) is 0 Å². The van der Waals surface area contributed by atoms with Gasteiger partial charge in [0.1, 0.15) is 11.5 Å². The van der Waals surface area contributed by atoms with Crippen LogP contribution in [0.1, 0.15) is 36.6 Å². The fourth-order valence-electron chi connectivity index (χ4n) is 3.81. The van der Waals surface area contributed by atoms with Gasteiger partial charge in [-0.1, -0.05) is 36.4 Å². The Kier molecular flexibility index (Phi) is 5.61. The molecule has 1 N–H and O–H groups in total. The van der Waals surface area contributed by atoms with Crippen LogP contribution in [0, 0.1) is 6.92 Å². The van der Waals surface area contributed by atoms with E-state index in [0.29, 0.717) is 11.5 Å². The Hall–Kier alpha value is -3.47. The van der Waals surface area contributed by atoms with Crippen LogP contribution < -0.4 is 15.0 Å². The van der Waals surface area contributed by atoms with Crippen molar-refractivity contribution < 1.29 is 14.3 Å². The van der Waals surface area contributed by atoms with E-state index in [0.717, 1.165) is 41.2 Å². The molecule has 5 nitrogen and oxygen atoms in total. The monoisotopic (exact) mass is 402 g/mol. The Morgan fingerprint density at radius 3 is 2.13 bits per heavy atom. The predicted octanol–water partition coefficient (Wildman–Crippen LogP) is 6.29. The van der Waals surface area contributed by atoms with E-state index in [1.807, 2.05) is 67.6 Å². The highest BCUT2D eigenvalue weighted by molar-refractivity contribution is 5.86. The van der Waals surface area contributed by atoms with Crippen LogP contribution in [0.2, 0.25) is 0 Å². The number of nitrogens with zero attached hydrogens (tertiary/aromatic N) is 1. The Balaban J connectivity index is 1.55. The molecule has 0 saturated heterocycles. The summed E-state index contributed by atoms with van der Waals surface area (Å²) in [5.74, 6) is 1.41. The van der Waals surface area contributed by atoms with Gasteiger partial charge in [0, 0.05) is 35.6 Å². The summed E-state index contributed by atoms with van der Waals surface area (Å²) in [6.45, 7) is 8.13. The van der Waals surface area contributed by atoms with Crippen molar-refractivity contribution in [3.05, 3.63) is 83.4 Å². The van der Waals surface area contributed by atoms with Gasteiger partial charge >= 0.3 is 6.09 Å². The standard InChI is InChI=1S/C25H26N2O3/c1-4-27(5-2)18-14-15-21(17(3)16-18)26-25(28)30-24-19-10-6-8-12-22(19)29-23-13-9-7-11-20(23)24/h6-16,24H,4-5H2,1-3H3,(H,26,28). The molecule has 1 aliphatic rings. The van der Waals surface area contributed by atoms with Gasteiger partial charge in [-0.05, 0) is 56.7 Å². The summed E-state index contributed by atoms with van der Waals surface area (Å²) in [7, 11) is 0. The van der Waals surface area contributed by atoms with Gasteiger partial charge in [-0.15, -0.1) is 0 Å². The number of hydrogen-bond donors (Lipinski definition) is 1. The maximum atomic E-state index is 12.8. The Bertz CT molecular complexity index is 1010.